The number of carbonyl (C=O) groups is 1. The van der Waals surface area contributed by atoms with Crippen LogP contribution in [0.1, 0.15) is 65.5 Å². The molecular weight excluding hydrogens is 416 g/mol. The Morgan fingerprint density at radius 2 is 2.03 bits per heavy atom. The first-order valence-corrected chi connectivity index (χ1v) is 12.8. The molecule has 0 aliphatic heterocycles. The Hall–Kier alpha value is -2.21. The van der Waals surface area contributed by atoms with Gasteiger partial charge in [-0.25, -0.2) is 15.0 Å². The Morgan fingerprint density at radius 3 is 2.72 bits per heavy atom. The predicted octanol–water partition coefficient (Wildman–Crippen LogP) is 6.40. The highest BCUT2D eigenvalue weighted by Crippen LogP contribution is 2.36. The Bertz CT molecular complexity index is 989. The molecule has 0 aromatic carbocycles. The van der Waals surface area contributed by atoms with Crippen molar-refractivity contribution in [3.05, 3.63) is 42.3 Å². The summed E-state index contributed by atoms with van der Waals surface area (Å²) in [6.07, 6.45) is 17.4. The average molecular weight is 453 g/mol. The molecule has 172 valence electrons. The maximum atomic E-state index is 12.6. The van der Waals surface area contributed by atoms with Gasteiger partial charge in [0, 0.05) is 35.7 Å². The second-order valence-electron chi connectivity index (χ2n) is 9.51. The van der Waals surface area contributed by atoms with E-state index in [1.54, 1.807) is 0 Å². The number of aryl methyl sites for hydroxylation is 1. The number of allylic oxidation sites excluding steroid dienone is 4. The van der Waals surface area contributed by atoms with E-state index in [9.17, 15) is 4.79 Å². The molecule has 1 saturated carbocycles. The van der Waals surface area contributed by atoms with Crippen LogP contribution in [0.5, 0.6) is 0 Å². The van der Waals surface area contributed by atoms with Gasteiger partial charge in [-0.2, -0.15) is 0 Å². The van der Waals surface area contributed by atoms with Crippen LogP contribution in [0.3, 0.4) is 0 Å². The number of pyridine rings is 1. The fourth-order valence-corrected chi connectivity index (χ4v) is 4.41. The third-order valence-corrected chi connectivity index (χ3v) is 6.86. The van der Waals surface area contributed by atoms with E-state index in [-0.39, 0.29) is 11.7 Å². The molecular formula is C26H36N4OS. The first kappa shape index (κ1) is 24.4. The summed E-state index contributed by atoms with van der Waals surface area (Å²) in [7, 11) is 0. The molecule has 1 fully saturated rings. The first-order valence-electron chi connectivity index (χ1n) is 11.6. The third kappa shape index (κ3) is 6.64. The van der Waals surface area contributed by atoms with E-state index in [1.807, 2.05) is 56.7 Å². The molecule has 32 heavy (non-hydrogen) atoms. The molecule has 1 N–H and O–H groups in total. The van der Waals surface area contributed by atoms with Gasteiger partial charge in [0.25, 0.3) is 0 Å². The molecule has 2 aromatic heterocycles. The van der Waals surface area contributed by atoms with Crippen molar-refractivity contribution in [3.63, 3.8) is 0 Å². The lowest BCUT2D eigenvalue weighted by atomic mass is 9.75. The summed E-state index contributed by atoms with van der Waals surface area (Å²) < 4.78 is 0. The van der Waals surface area contributed by atoms with Crippen LogP contribution in [-0.4, -0.2) is 33.0 Å². The molecule has 1 atom stereocenters. The van der Waals surface area contributed by atoms with Crippen molar-refractivity contribution in [2.75, 3.05) is 11.6 Å². The van der Waals surface area contributed by atoms with Crippen LogP contribution < -0.4 is 5.32 Å². The molecule has 3 rings (SSSR count). The highest BCUT2D eigenvalue weighted by Gasteiger charge is 2.27. The zero-order valence-electron chi connectivity index (χ0n) is 20.0. The summed E-state index contributed by atoms with van der Waals surface area (Å²) in [5.41, 5.74) is 2.20. The average Bonchev–Trinajstić information content (AvgIpc) is 2.78. The normalized spacial score (nSPS) is 17.9. The second kappa shape index (κ2) is 11.1. The summed E-state index contributed by atoms with van der Waals surface area (Å²) in [5.74, 6) is 0.960. The summed E-state index contributed by atoms with van der Waals surface area (Å²) in [6, 6.07) is 2.43. The van der Waals surface area contributed by atoms with Crippen LogP contribution in [0.15, 0.2) is 41.7 Å². The van der Waals surface area contributed by atoms with Gasteiger partial charge < -0.3 is 5.32 Å². The molecule has 2 aromatic rings. The molecule has 0 spiro atoms. The number of nitrogens with one attached hydrogen (secondary N) is 1. The second-order valence-corrected chi connectivity index (χ2v) is 10.3. The monoisotopic (exact) mass is 452 g/mol. The molecule has 0 bridgehead atoms. The summed E-state index contributed by atoms with van der Waals surface area (Å²) in [4.78, 5) is 26.7. The van der Waals surface area contributed by atoms with Gasteiger partial charge in [0.15, 0.2) is 11.0 Å². The van der Waals surface area contributed by atoms with Crippen LogP contribution in [0.2, 0.25) is 0 Å². The Labute approximate surface area is 196 Å². The number of hydrogen-bond donors (Lipinski definition) is 1. The smallest absolute Gasteiger partial charge is 0.187 e. The molecule has 2 heterocycles. The zero-order valence-corrected chi connectivity index (χ0v) is 20.8. The van der Waals surface area contributed by atoms with E-state index in [4.69, 9.17) is 9.97 Å². The van der Waals surface area contributed by atoms with Gasteiger partial charge in [-0.1, -0.05) is 56.8 Å². The minimum absolute atomic E-state index is 0.0951. The molecule has 0 amide bonds. The van der Waals surface area contributed by atoms with Gasteiger partial charge in [-0.15, -0.1) is 0 Å². The summed E-state index contributed by atoms with van der Waals surface area (Å²) in [6.45, 7) is 8.61. The lowest BCUT2D eigenvalue weighted by molar-refractivity contribution is -0.121. The van der Waals surface area contributed by atoms with Crippen LogP contribution in [0, 0.1) is 11.3 Å². The van der Waals surface area contributed by atoms with E-state index in [0.717, 1.165) is 40.4 Å². The summed E-state index contributed by atoms with van der Waals surface area (Å²) in [5, 5.41) is 5.40. The van der Waals surface area contributed by atoms with Crippen LogP contribution >= 0.6 is 11.8 Å². The Kier molecular flexibility index (Phi) is 8.46. The number of anilines is 1. The predicted molar refractivity (Wildman–Crippen MR) is 135 cm³/mol. The highest BCUT2D eigenvalue weighted by molar-refractivity contribution is 7.98. The molecule has 1 aliphatic rings. The lowest BCUT2D eigenvalue weighted by Crippen LogP contribution is -2.30. The number of ketones is 1. The van der Waals surface area contributed by atoms with E-state index in [2.05, 4.69) is 24.1 Å². The Balaban J connectivity index is 1.79. The molecule has 0 saturated heterocycles. The Morgan fingerprint density at radius 1 is 1.28 bits per heavy atom. The molecule has 6 heteroatoms. The minimum atomic E-state index is -0.0951. The largest absolute Gasteiger partial charge is 0.366 e. The van der Waals surface area contributed by atoms with Crippen molar-refractivity contribution in [3.8, 4) is 0 Å². The van der Waals surface area contributed by atoms with Crippen molar-refractivity contribution in [1.82, 2.24) is 15.0 Å². The number of fused-ring (bicyclic) bond motifs is 1. The van der Waals surface area contributed by atoms with Crippen molar-refractivity contribution < 1.29 is 4.79 Å². The lowest BCUT2D eigenvalue weighted by Gasteiger charge is -2.35. The van der Waals surface area contributed by atoms with Crippen molar-refractivity contribution in [2.45, 2.75) is 77.4 Å². The number of rotatable bonds is 9. The first-order chi connectivity index (χ1) is 15.3. The van der Waals surface area contributed by atoms with Crippen LogP contribution in [0.4, 0.5) is 5.82 Å². The minimum Gasteiger partial charge on any atom is -0.366 e. The number of thioether (sulfide) groups is 1. The molecule has 5 nitrogen and oxygen atoms in total. The number of carbonyl (C=O) groups excluding carboxylic acids is 1. The van der Waals surface area contributed by atoms with E-state index in [1.165, 1.54) is 24.6 Å². The topological polar surface area (TPSA) is 67.8 Å². The van der Waals surface area contributed by atoms with Crippen molar-refractivity contribution in [2.24, 2.45) is 11.3 Å². The quantitative estimate of drug-likeness (QED) is 0.270. The SMILES string of the molecule is C/C=C\C=C/C(C)C(=O)CCc1cc2cnc(SC)nc2c(NC2CCC(C)(C)CC2)n1. The van der Waals surface area contributed by atoms with Gasteiger partial charge in [0.05, 0.1) is 0 Å². The van der Waals surface area contributed by atoms with Gasteiger partial charge in [-0.3, -0.25) is 4.79 Å². The van der Waals surface area contributed by atoms with Gasteiger partial charge >= 0.3 is 0 Å². The number of Topliss-reactive ketones (excluding diaryl/α,β-unsaturated/α-hetero) is 1. The van der Waals surface area contributed by atoms with Crippen molar-refractivity contribution in [1.29, 1.82) is 0 Å². The van der Waals surface area contributed by atoms with E-state index >= 15 is 0 Å². The number of hydrogen-bond acceptors (Lipinski definition) is 6. The number of aromatic nitrogens is 3. The van der Waals surface area contributed by atoms with Crippen LogP contribution in [-0.2, 0) is 11.2 Å². The standard InChI is InChI=1S/C26H36N4OS/c1-6-7-8-9-18(2)22(31)11-10-21-16-19-17-27-25(32-5)30-23(19)24(29-21)28-20-12-14-26(3,4)15-13-20/h6-9,16-18,20H,10-15H2,1-5H3,(H,28,29)/b7-6-,9-8-. The fourth-order valence-electron chi connectivity index (χ4n) is 4.07. The maximum Gasteiger partial charge on any atom is 0.187 e. The summed E-state index contributed by atoms with van der Waals surface area (Å²) >= 11 is 1.53. The van der Waals surface area contributed by atoms with Gasteiger partial charge in [0.1, 0.15) is 11.3 Å². The fraction of sp³-hybridized carbons (Fsp3) is 0.538. The maximum absolute atomic E-state index is 12.6. The third-order valence-electron chi connectivity index (χ3n) is 6.30. The molecule has 1 unspecified atom stereocenters. The number of nitrogens with zero attached hydrogens (tertiary/aromatic N) is 3. The molecule has 0 radical (unpaired) electrons. The van der Waals surface area contributed by atoms with Crippen LogP contribution in [0.25, 0.3) is 10.9 Å². The molecule has 1 aliphatic carbocycles. The zero-order chi connectivity index (χ0) is 23.1. The van der Waals surface area contributed by atoms with Crippen molar-refractivity contribution >= 4 is 34.3 Å². The van der Waals surface area contributed by atoms with Gasteiger partial charge in [-0.05, 0) is 56.8 Å². The van der Waals surface area contributed by atoms with E-state index in [0.29, 0.717) is 24.3 Å². The highest BCUT2D eigenvalue weighted by atomic mass is 32.2. The van der Waals surface area contributed by atoms with Gasteiger partial charge in [0.2, 0.25) is 0 Å². The van der Waals surface area contributed by atoms with E-state index < -0.39 is 0 Å².